The lowest BCUT2D eigenvalue weighted by molar-refractivity contribution is -0.117. The molecule has 0 fully saturated rings. The number of amides is 2. The number of carbonyl (C=O) groups excluding carboxylic acids is 2. The van der Waals surface area contributed by atoms with Crippen molar-refractivity contribution in [1.29, 1.82) is 0 Å². The quantitative estimate of drug-likeness (QED) is 0.896. The van der Waals surface area contributed by atoms with Crippen LogP contribution in [0, 0.1) is 13.8 Å². The Morgan fingerprint density at radius 3 is 2.55 bits per heavy atom. The van der Waals surface area contributed by atoms with Crippen molar-refractivity contribution in [2.75, 3.05) is 17.7 Å². The van der Waals surface area contributed by atoms with E-state index in [0.29, 0.717) is 0 Å². The maximum absolute atomic E-state index is 12.0. The van der Waals surface area contributed by atoms with Crippen LogP contribution < -0.4 is 10.6 Å². The van der Waals surface area contributed by atoms with E-state index in [1.807, 2.05) is 32.0 Å². The van der Waals surface area contributed by atoms with Crippen LogP contribution >= 0.6 is 0 Å². The third kappa shape index (κ3) is 3.81. The SMILES string of the molecule is COC(=O)Nc1cnn(CC(=O)Nc2c(C)cccc2C)n1. The van der Waals surface area contributed by atoms with Crippen LogP contribution in [0.3, 0.4) is 0 Å². The molecule has 8 nitrogen and oxygen atoms in total. The molecule has 1 aromatic heterocycles. The lowest BCUT2D eigenvalue weighted by Crippen LogP contribution is -2.21. The largest absolute Gasteiger partial charge is 0.453 e. The van der Waals surface area contributed by atoms with Crippen LogP contribution in [0.4, 0.5) is 16.3 Å². The number of nitrogens with one attached hydrogen (secondary N) is 2. The fourth-order valence-electron chi connectivity index (χ4n) is 1.91. The van der Waals surface area contributed by atoms with Gasteiger partial charge in [0.25, 0.3) is 0 Å². The number of aromatic nitrogens is 3. The number of anilines is 2. The number of hydrogen-bond acceptors (Lipinski definition) is 5. The summed E-state index contributed by atoms with van der Waals surface area (Å²) in [5.74, 6) is -0.0376. The van der Waals surface area contributed by atoms with E-state index in [2.05, 4.69) is 25.6 Å². The molecule has 8 heteroatoms. The molecule has 0 aliphatic heterocycles. The first-order valence-corrected chi connectivity index (χ1v) is 6.60. The molecule has 0 aliphatic carbocycles. The lowest BCUT2D eigenvalue weighted by atomic mass is 10.1. The molecule has 0 spiro atoms. The van der Waals surface area contributed by atoms with Crippen LogP contribution in [0.25, 0.3) is 0 Å². The highest BCUT2D eigenvalue weighted by Crippen LogP contribution is 2.19. The average Bonchev–Trinajstić information content (AvgIpc) is 2.90. The van der Waals surface area contributed by atoms with Crippen LogP contribution in [0.5, 0.6) is 0 Å². The fraction of sp³-hybridized carbons (Fsp3) is 0.286. The van der Waals surface area contributed by atoms with E-state index in [9.17, 15) is 9.59 Å². The summed E-state index contributed by atoms with van der Waals surface area (Å²) in [5, 5.41) is 13.1. The summed E-state index contributed by atoms with van der Waals surface area (Å²) in [6.07, 6.45) is 0.690. The standard InChI is InChI=1S/C14H17N5O3/c1-9-5-4-6-10(2)13(9)17-12(20)8-19-15-7-11(18-19)16-14(21)22-3/h4-7H,8H2,1-3H3,(H,17,20)(H,16,18,21). The van der Waals surface area contributed by atoms with Crippen molar-refractivity contribution in [3.05, 3.63) is 35.5 Å². The van der Waals surface area contributed by atoms with E-state index >= 15 is 0 Å². The van der Waals surface area contributed by atoms with Crippen LogP contribution in [-0.4, -0.2) is 34.1 Å². The van der Waals surface area contributed by atoms with Crippen molar-refractivity contribution in [2.24, 2.45) is 0 Å². The minimum Gasteiger partial charge on any atom is -0.453 e. The Morgan fingerprint density at radius 2 is 1.91 bits per heavy atom. The molecule has 0 bridgehead atoms. The number of para-hydroxylation sites is 1. The van der Waals surface area contributed by atoms with Crippen molar-refractivity contribution in [3.8, 4) is 0 Å². The van der Waals surface area contributed by atoms with E-state index in [0.717, 1.165) is 16.8 Å². The van der Waals surface area contributed by atoms with Crippen molar-refractivity contribution in [2.45, 2.75) is 20.4 Å². The van der Waals surface area contributed by atoms with E-state index < -0.39 is 6.09 Å². The van der Waals surface area contributed by atoms with E-state index in [4.69, 9.17) is 0 Å². The van der Waals surface area contributed by atoms with Crippen LogP contribution in [0.2, 0.25) is 0 Å². The zero-order valence-corrected chi connectivity index (χ0v) is 12.6. The predicted octanol–water partition coefficient (Wildman–Crippen LogP) is 1.71. The number of nitrogens with zero attached hydrogens (tertiary/aromatic N) is 3. The number of hydrogen-bond donors (Lipinski definition) is 2. The van der Waals surface area contributed by atoms with Gasteiger partial charge < -0.3 is 10.1 Å². The average molecular weight is 303 g/mol. The summed E-state index contributed by atoms with van der Waals surface area (Å²) in [6, 6.07) is 5.78. The Balaban J connectivity index is 1.99. The predicted molar refractivity (Wildman–Crippen MR) is 80.6 cm³/mol. The van der Waals surface area contributed by atoms with Gasteiger partial charge in [0.05, 0.1) is 13.3 Å². The highest BCUT2D eigenvalue weighted by Gasteiger charge is 2.10. The van der Waals surface area contributed by atoms with E-state index in [-0.39, 0.29) is 18.3 Å². The molecule has 1 aromatic carbocycles. The molecule has 2 aromatic rings. The molecule has 1 heterocycles. The molecule has 0 unspecified atom stereocenters. The Hall–Kier alpha value is -2.90. The topological polar surface area (TPSA) is 98.1 Å². The summed E-state index contributed by atoms with van der Waals surface area (Å²) >= 11 is 0. The maximum Gasteiger partial charge on any atom is 0.412 e. The number of carbonyl (C=O) groups is 2. The van der Waals surface area contributed by atoms with Gasteiger partial charge in [-0.15, -0.1) is 5.10 Å². The van der Waals surface area contributed by atoms with Crippen LogP contribution in [0.1, 0.15) is 11.1 Å². The molecular weight excluding hydrogens is 286 g/mol. The van der Waals surface area contributed by atoms with Gasteiger partial charge in [-0.2, -0.15) is 9.90 Å². The maximum atomic E-state index is 12.0. The fourth-order valence-corrected chi connectivity index (χ4v) is 1.91. The zero-order valence-electron chi connectivity index (χ0n) is 12.6. The van der Waals surface area contributed by atoms with Gasteiger partial charge >= 0.3 is 6.09 Å². The summed E-state index contributed by atoms with van der Waals surface area (Å²) in [7, 11) is 1.25. The zero-order chi connectivity index (χ0) is 16.1. The molecule has 0 aliphatic rings. The Labute approximate surface area is 127 Å². The molecule has 0 radical (unpaired) electrons. The highest BCUT2D eigenvalue weighted by atomic mass is 16.5. The van der Waals surface area contributed by atoms with Crippen molar-refractivity contribution < 1.29 is 14.3 Å². The minimum absolute atomic E-state index is 0.0589. The second-order valence-electron chi connectivity index (χ2n) is 4.69. The summed E-state index contributed by atoms with van der Waals surface area (Å²) in [5.41, 5.74) is 2.75. The highest BCUT2D eigenvalue weighted by molar-refractivity contribution is 5.92. The normalized spacial score (nSPS) is 10.1. The van der Waals surface area contributed by atoms with Gasteiger partial charge in [0.2, 0.25) is 5.91 Å². The van der Waals surface area contributed by atoms with Crippen LogP contribution in [0.15, 0.2) is 24.4 Å². The third-order valence-corrected chi connectivity index (χ3v) is 2.98. The summed E-state index contributed by atoms with van der Waals surface area (Å²) < 4.78 is 4.44. The summed E-state index contributed by atoms with van der Waals surface area (Å²) in [4.78, 5) is 24.3. The number of rotatable bonds is 4. The smallest absolute Gasteiger partial charge is 0.412 e. The Morgan fingerprint density at radius 1 is 1.23 bits per heavy atom. The first-order valence-electron chi connectivity index (χ1n) is 6.60. The van der Waals surface area contributed by atoms with Gasteiger partial charge in [-0.1, -0.05) is 18.2 Å². The molecule has 2 rings (SSSR count). The molecule has 0 saturated carbocycles. The van der Waals surface area contributed by atoms with E-state index in [1.165, 1.54) is 18.1 Å². The first kappa shape index (κ1) is 15.5. The number of benzene rings is 1. The molecule has 0 atom stereocenters. The van der Waals surface area contributed by atoms with Gasteiger partial charge in [-0.05, 0) is 25.0 Å². The van der Waals surface area contributed by atoms with Gasteiger partial charge in [-0.25, -0.2) is 4.79 Å². The molecular formula is C14H17N5O3. The molecule has 2 N–H and O–H groups in total. The first-order chi connectivity index (χ1) is 10.5. The van der Waals surface area contributed by atoms with Gasteiger partial charge in [0.15, 0.2) is 5.82 Å². The van der Waals surface area contributed by atoms with Crippen molar-refractivity contribution in [1.82, 2.24) is 15.0 Å². The lowest BCUT2D eigenvalue weighted by Gasteiger charge is -2.10. The second-order valence-corrected chi connectivity index (χ2v) is 4.69. The van der Waals surface area contributed by atoms with Gasteiger partial charge in [0.1, 0.15) is 6.54 Å². The summed E-state index contributed by atoms with van der Waals surface area (Å²) in [6.45, 7) is 3.79. The molecule has 0 saturated heterocycles. The Kier molecular flexibility index (Phi) is 4.72. The number of ether oxygens (including phenoxy) is 1. The van der Waals surface area contributed by atoms with Crippen molar-refractivity contribution >= 4 is 23.5 Å². The third-order valence-electron chi connectivity index (χ3n) is 2.98. The monoisotopic (exact) mass is 303 g/mol. The van der Waals surface area contributed by atoms with Gasteiger partial charge in [0, 0.05) is 5.69 Å². The number of methoxy groups -OCH3 is 1. The number of aryl methyl sites for hydroxylation is 2. The minimum atomic E-state index is -0.646. The molecule has 116 valence electrons. The van der Waals surface area contributed by atoms with Crippen LogP contribution in [-0.2, 0) is 16.1 Å². The van der Waals surface area contributed by atoms with Crippen molar-refractivity contribution in [3.63, 3.8) is 0 Å². The van der Waals surface area contributed by atoms with Gasteiger partial charge in [-0.3, -0.25) is 10.1 Å². The molecule has 22 heavy (non-hydrogen) atoms. The second kappa shape index (κ2) is 6.70. The van der Waals surface area contributed by atoms with E-state index in [1.54, 1.807) is 0 Å². The Bertz CT molecular complexity index is 675. The molecule has 2 amide bonds.